The van der Waals surface area contributed by atoms with E-state index in [2.05, 4.69) is 31.2 Å². The van der Waals surface area contributed by atoms with Crippen molar-refractivity contribution < 1.29 is 19.0 Å². The number of amides is 2. The molecular formula is C21H37N4O3+. The van der Waals surface area contributed by atoms with Gasteiger partial charge in [0.15, 0.2) is 5.82 Å². The summed E-state index contributed by atoms with van der Waals surface area (Å²) >= 11 is 0. The van der Waals surface area contributed by atoms with Gasteiger partial charge >= 0.3 is 0 Å². The van der Waals surface area contributed by atoms with Crippen molar-refractivity contribution in [3.63, 3.8) is 0 Å². The first-order chi connectivity index (χ1) is 13.4. The van der Waals surface area contributed by atoms with Crippen molar-refractivity contribution in [3.8, 4) is 0 Å². The Hall–Kier alpha value is -1.89. The van der Waals surface area contributed by atoms with Gasteiger partial charge in [0, 0.05) is 18.0 Å². The minimum Gasteiger partial charge on any atom is -0.360 e. The number of quaternary nitrogens is 1. The number of carbonyl (C=O) groups excluding carboxylic acids is 2. The van der Waals surface area contributed by atoms with Gasteiger partial charge in [0.25, 0.3) is 0 Å². The number of carbonyl (C=O) groups is 2. The average Bonchev–Trinajstić information content (AvgIpc) is 3.34. The van der Waals surface area contributed by atoms with Crippen molar-refractivity contribution in [2.75, 3.05) is 31.5 Å². The number of aryl methyl sites for hydroxylation is 1. The van der Waals surface area contributed by atoms with Gasteiger partial charge in [-0.3, -0.25) is 9.59 Å². The van der Waals surface area contributed by atoms with E-state index in [4.69, 9.17) is 4.52 Å². The van der Waals surface area contributed by atoms with Crippen LogP contribution in [0.25, 0.3) is 0 Å². The summed E-state index contributed by atoms with van der Waals surface area (Å²) in [5.74, 6) is 1.01. The van der Waals surface area contributed by atoms with E-state index < -0.39 is 0 Å². The van der Waals surface area contributed by atoms with Crippen LogP contribution in [0.3, 0.4) is 0 Å². The molecule has 0 bridgehead atoms. The van der Waals surface area contributed by atoms with Crippen LogP contribution in [-0.2, 0) is 9.59 Å². The number of hydrogen-bond donors (Lipinski definition) is 2. The van der Waals surface area contributed by atoms with Gasteiger partial charge in [-0.2, -0.15) is 0 Å². The highest BCUT2D eigenvalue weighted by Gasteiger charge is 2.31. The minimum absolute atomic E-state index is 0.0489. The van der Waals surface area contributed by atoms with Crippen LogP contribution in [0.5, 0.6) is 0 Å². The third kappa shape index (κ3) is 6.62. The van der Waals surface area contributed by atoms with Gasteiger partial charge < -0.3 is 19.6 Å². The lowest BCUT2D eigenvalue weighted by atomic mass is 10.0. The molecule has 7 heteroatoms. The number of rotatable bonds is 11. The summed E-state index contributed by atoms with van der Waals surface area (Å²) in [6.07, 6.45) is 6.06. The molecule has 158 valence electrons. The largest absolute Gasteiger partial charge is 0.360 e. The fourth-order valence-corrected chi connectivity index (χ4v) is 4.03. The van der Waals surface area contributed by atoms with E-state index in [0.717, 1.165) is 58.2 Å². The van der Waals surface area contributed by atoms with Crippen molar-refractivity contribution >= 4 is 17.6 Å². The van der Waals surface area contributed by atoms with Gasteiger partial charge in [-0.1, -0.05) is 18.0 Å². The van der Waals surface area contributed by atoms with Gasteiger partial charge in [0.05, 0.1) is 19.6 Å². The number of nitrogens with zero attached hydrogens (tertiary/aromatic N) is 2. The lowest BCUT2D eigenvalue weighted by Crippen LogP contribution is -3.11. The topological polar surface area (TPSA) is 79.9 Å². The van der Waals surface area contributed by atoms with E-state index >= 15 is 0 Å². The Morgan fingerprint density at radius 1 is 1.32 bits per heavy atom. The van der Waals surface area contributed by atoms with Gasteiger partial charge in [-0.25, -0.2) is 0 Å². The molecule has 7 nitrogen and oxygen atoms in total. The summed E-state index contributed by atoms with van der Waals surface area (Å²) in [4.78, 5) is 29.0. The Labute approximate surface area is 168 Å². The molecule has 1 heterocycles. The van der Waals surface area contributed by atoms with E-state index in [1.165, 1.54) is 0 Å². The molecule has 2 rings (SSSR count). The molecule has 1 fully saturated rings. The average molecular weight is 394 g/mol. The van der Waals surface area contributed by atoms with Crippen molar-refractivity contribution in [1.29, 1.82) is 0 Å². The quantitative estimate of drug-likeness (QED) is 0.603. The van der Waals surface area contributed by atoms with Crippen LogP contribution in [0.1, 0.15) is 65.1 Å². The third-order valence-corrected chi connectivity index (χ3v) is 5.88. The van der Waals surface area contributed by atoms with E-state index in [1.807, 2.05) is 0 Å². The SMILES string of the molecule is CC[NH+](CC)CCC[C@@H](C)N(CC(=O)Nc1cc(C)on1)C(=O)C1CCCC1. The van der Waals surface area contributed by atoms with Gasteiger partial charge in [-0.05, 0) is 53.4 Å². The summed E-state index contributed by atoms with van der Waals surface area (Å²) < 4.78 is 5.00. The smallest absolute Gasteiger partial charge is 0.245 e. The monoisotopic (exact) mass is 393 g/mol. The Morgan fingerprint density at radius 2 is 2.00 bits per heavy atom. The number of nitrogens with one attached hydrogen (secondary N) is 2. The molecule has 2 amide bonds. The zero-order valence-corrected chi connectivity index (χ0v) is 17.9. The molecule has 28 heavy (non-hydrogen) atoms. The molecule has 1 aromatic heterocycles. The summed E-state index contributed by atoms with van der Waals surface area (Å²) in [5, 5.41) is 6.55. The Kier molecular flexibility index (Phi) is 8.96. The lowest BCUT2D eigenvalue weighted by Gasteiger charge is -2.31. The van der Waals surface area contributed by atoms with Gasteiger partial charge in [-0.15, -0.1) is 0 Å². The van der Waals surface area contributed by atoms with Crippen molar-refractivity contribution in [1.82, 2.24) is 10.1 Å². The maximum absolute atomic E-state index is 13.1. The second-order valence-electron chi connectivity index (χ2n) is 8.02. The second kappa shape index (κ2) is 11.2. The van der Waals surface area contributed by atoms with Crippen molar-refractivity contribution in [2.24, 2.45) is 5.92 Å². The Morgan fingerprint density at radius 3 is 2.57 bits per heavy atom. The molecule has 0 aromatic carbocycles. The standard InChI is InChI=1S/C21H36N4O3/c1-5-24(6-2)13-9-10-16(3)25(21(27)18-11-7-8-12-18)15-20(26)22-19-14-17(4)28-23-19/h14,16,18H,5-13,15H2,1-4H3,(H,22,23,26)/p+1/t16-/m1/s1. The highest BCUT2D eigenvalue weighted by molar-refractivity contribution is 5.94. The van der Waals surface area contributed by atoms with Gasteiger partial charge in [0.1, 0.15) is 12.3 Å². The van der Waals surface area contributed by atoms with Crippen LogP contribution in [0, 0.1) is 12.8 Å². The molecule has 2 N–H and O–H groups in total. The normalized spacial score (nSPS) is 15.8. The highest BCUT2D eigenvalue weighted by Crippen LogP contribution is 2.27. The minimum atomic E-state index is -0.221. The first-order valence-corrected chi connectivity index (χ1v) is 10.8. The summed E-state index contributed by atoms with van der Waals surface area (Å²) in [5.41, 5.74) is 0. The highest BCUT2D eigenvalue weighted by atomic mass is 16.5. The van der Waals surface area contributed by atoms with Crippen LogP contribution in [-0.4, -0.2) is 54.1 Å². The molecule has 0 saturated heterocycles. The van der Waals surface area contributed by atoms with Crippen LogP contribution < -0.4 is 10.2 Å². The zero-order chi connectivity index (χ0) is 20.5. The first-order valence-electron chi connectivity index (χ1n) is 10.8. The molecule has 0 unspecified atom stereocenters. The predicted molar refractivity (Wildman–Crippen MR) is 109 cm³/mol. The number of anilines is 1. The molecule has 1 aliphatic rings. The summed E-state index contributed by atoms with van der Waals surface area (Å²) in [7, 11) is 0. The van der Waals surface area contributed by atoms with Crippen LogP contribution in [0.15, 0.2) is 10.6 Å². The molecule has 1 atom stereocenters. The van der Waals surface area contributed by atoms with E-state index in [-0.39, 0.29) is 30.3 Å². The molecule has 0 radical (unpaired) electrons. The molecule has 1 aliphatic carbocycles. The number of hydrogen-bond acceptors (Lipinski definition) is 4. The van der Waals surface area contributed by atoms with Crippen molar-refractivity contribution in [3.05, 3.63) is 11.8 Å². The third-order valence-electron chi connectivity index (χ3n) is 5.88. The van der Waals surface area contributed by atoms with Crippen LogP contribution >= 0.6 is 0 Å². The summed E-state index contributed by atoms with van der Waals surface area (Å²) in [6, 6.07) is 1.73. The van der Waals surface area contributed by atoms with Crippen molar-refractivity contribution in [2.45, 2.75) is 72.3 Å². The molecule has 0 aliphatic heterocycles. The summed E-state index contributed by atoms with van der Waals surface area (Å²) in [6.45, 7) is 11.7. The fraction of sp³-hybridized carbons (Fsp3) is 0.762. The van der Waals surface area contributed by atoms with Crippen LogP contribution in [0.4, 0.5) is 5.82 Å². The molecule has 0 spiro atoms. The fourth-order valence-electron chi connectivity index (χ4n) is 4.03. The van der Waals surface area contributed by atoms with E-state index in [0.29, 0.717) is 11.6 Å². The first kappa shape index (κ1) is 22.4. The van der Waals surface area contributed by atoms with Crippen LogP contribution in [0.2, 0.25) is 0 Å². The maximum Gasteiger partial charge on any atom is 0.245 e. The lowest BCUT2D eigenvalue weighted by molar-refractivity contribution is -0.896. The van der Waals surface area contributed by atoms with Gasteiger partial charge in [0.2, 0.25) is 11.8 Å². The van der Waals surface area contributed by atoms with E-state index in [9.17, 15) is 9.59 Å². The Bertz CT molecular complexity index is 621. The molecule has 1 saturated carbocycles. The Balaban J connectivity index is 1.96. The molecular weight excluding hydrogens is 356 g/mol. The second-order valence-corrected chi connectivity index (χ2v) is 8.02. The zero-order valence-electron chi connectivity index (χ0n) is 17.9. The predicted octanol–water partition coefficient (Wildman–Crippen LogP) is 2.03. The molecule has 1 aromatic rings. The van der Waals surface area contributed by atoms with E-state index in [1.54, 1.807) is 22.8 Å². The number of aromatic nitrogens is 1. The maximum atomic E-state index is 13.1.